The molecule has 0 radical (unpaired) electrons. The van der Waals surface area contributed by atoms with Gasteiger partial charge in [0.2, 0.25) is 0 Å². The molecule has 0 spiro atoms. The highest BCUT2D eigenvalue weighted by Gasteiger charge is 2.50. The van der Waals surface area contributed by atoms with Crippen molar-refractivity contribution in [3.8, 4) is 0 Å². The van der Waals surface area contributed by atoms with Gasteiger partial charge in [-0.3, -0.25) is 14.4 Å². The zero-order valence-corrected chi connectivity index (χ0v) is 23.2. The molecule has 238 valence electrons. The highest BCUT2D eigenvalue weighted by atomic mass is 16.8. The van der Waals surface area contributed by atoms with Gasteiger partial charge in [0, 0.05) is 6.42 Å². The second-order valence-corrected chi connectivity index (χ2v) is 10.3. The van der Waals surface area contributed by atoms with Crippen LogP contribution in [0.5, 0.6) is 0 Å². The van der Waals surface area contributed by atoms with E-state index in [-0.39, 0.29) is 6.42 Å². The van der Waals surface area contributed by atoms with E-state index in [0.29, 0.717) is 6.42 Å². The lowest BCUT2D eigenvalue weighted by Gasteiger charge is -2.44. The normalized spacial score (nSPS) is 33.7. The van der Waals surface area contributed by atoms with Gasteiger partial charge in [0.25, 0.3) is 0 Å². The average molecular weight is 597 g/mol. The van der Waals surface area contributed by atoms with E-state index >= 15 is 0 Å². The molecular weight excluding hydrogens is 552 g/mol. The SMILES string of the molecule is CCCCCCCCCC(=O)OCC1O[C@@H](O[C@@H]2O[C@H](COC(=O)CCC(=O)O)[C@H](O)C(O)C2O)C(O)[C@@H](O)[C@@H]1O. The third-order valence-corrected chi connectivity index (χ3v) is 6.95. The third kappa shape index (κ3) is 11.3. The van der Waals surface area contributed by atoms with Gasteiger partial charge in [-0.2, -0.15) is 0 Å². The Labute approximate surface area is 237 Å². The minimum Gasteiger partial charge on any atom is -0.481 e. The second-order valence-electron chi connectivity index (χ2n) is 10.3. The predicted octanol–water partition coefficient (Wildman–Crippen LogP) is -1.29. The summed E-state index contributed by atoms with van der Waals surface area (Å²) in [7, 11) is 0. The van der Waals surface area contributed by atoms with Gasteiger partial charge < -0.3 is 59.4 Å². The molecule has 2 saturated heterocycles. The maximum absolute atomic E-state index is 12.1. The van der Waals surface area contributed by atoms with Crippen LogP contribution in [0.25, 0.3) is 0 Å². The number of rotatable bonds is 17. The Hall–Kier alpha value is -1.95. The first-order valence-corrected chi connectivity index (χ1v) is 14.0. The summed E-state index contributed by atoms with van der Waals surface area (Å²) in [5.74, 6) is -2.66. The zero-order chi connectivity index (χ0) is 30.5. The van der Waals surface area contributed by atoms with Gasteiger partial charge in [0.15, 0.2) is 12.6 Å². The lowest BCUT2D eigenvalue weighted by Crippen LogP contribution is -2.64. The molecule has 2 heterocycles. The number of hydrogen-bond acceptors (Lipinski definition) is 14. The van der Waals surface area contributed by atoms with Crippen molar-refractivity contribution < 1.29 is 73.8 Å². The molecule has 0 saturated carbocycles. The van der Waals surface area contributed by atoms with E-state index in [9.17, 15) is 45.0 Å². The molecule has 4 unspecified atom stereocenters. The Balaban J connectivity index is 1.89. The highest BCUT2D eigenvalue weighted by molar-refractivity contribution is 5.76. The number of esters is 2. The van der Waals surface area contributed by atoms with Crippen molar-refractivity contribution in [2.75, 3.05) is 13.2 Å². The van der Waals surface area contributed by atoms with Crippen molar-refractivity contribution in [1.29, 1.82) is 0 Å². The lowest BCUT2D eigenvalue weighted by molar-refractivity contribution is -0.376. The average Bonchev–Trinajstić information content (AvgIpc) is 2.94. The molecule has 15 nitrogen and oxygen atoms in total. The second kappa shape index (κ2) is 17.9. The number of carboxylic acid groups (broad SMARTS) is 1. The lowest BCUT2D eigenvalue weighted by atomic mass is 9.98. The molecule has 0 aliphatic carbocycles. The van der Waals surface area contributed by atoms with E-state index in [1.54, 1.807) is 0 Å². The van der Waals surface area contributed by atoms with Gasteiger partial charge in [-0.1, -0.05) is 45.4 Å². The summed E-state index contributed by atoms with van der Waals surface area (Å²) in [6, 6.07) is 0. The molecular formula is C26H44O15. The fourth-order valence-corrected chi connectivity index (χ4v) is 4.40. The van der Waals surface area contributed by atoms with Gasteiger partial charge in [-0.05, 0) is 6.42 Å². The van der Waals surface area contributed by atoms with Crippen LogP contribution in [-0.4, -0.2) is 128 Å². The van der Waals surface area contributed by atoms with Crippen LogP contribution in [0.15, 0.2) is 0 Å². The minimum atomic E-state index is -1.87. The number of carboxylic acids is 1. The number of aliphatic hydroxyl groups excluding tert-OH is 6. The summed E-state index contributed by atoms with van der Waals surface area (Å²) < 4.78 is 26.3. The quantitative estimate of drug-likeness (QED) is 0.0763. The van der Waals surface area contributed by atoms with Crippen molar-refractivity contribution in [1.82, 2.24) is 0 Å². The monoisotopic (exact) mass is 596 g/mol. The molecule has 0 amide bonds. The highest BCUT2D eigenvalue weighted by Crippen LogP contribution is 2.28. The predicted molar refractivity (Wildman–Crippen MR) is 136 cm³/mol. The van der Waals surface area contributed by atoms with Crippen LogP contribution < -0.4 is 0 Å². The Morgan fingerprint density at radius 1 is 0.585 bits per heavy atom. The van der Waals surface area contributed by atoms with Crippen molar-refractivity contribution in [3.63, 3.8) is 0 Å². The molecule has 0 aromatic rings. The Bertz CT molecular complexity index is 810. The van der Waals surface area contributed by atoms with Gasteiger partial charge in [-0.15, -0.1) is 0 Å². The molecule has 2 aliphatic heterocycles. The van der Waals surface area contributed by atoms with Crippen LogP contribution in [0.4, 0.5) is 0 Å². The van der Waals surface area contributed by atoms with Gasteiger partial charge in [0.05, 0.1) is 12.8 Å². The largest absolute Gasteiger partial charge is 0.481 e. The van der Waals surface area contributed by atoms with Crippen LogP contribution in [-0.2, 0) is 38.1 Å². The maximum atomic E-state index is 12.1. The molecule has 0 bridgehead atoms. The standard InChI is InChI=1S/C26H44O15/c1-2-3-4-5-6-7-8-9-17(29)37-12-14-19(31)21(33)23(35)25(39-14)41-26-24(36)22(34)20(32)15(40-26)13-38-18(30)11-10-16(27)28/h14-15,19-26,31-36H,2-13H2,1H3,(H,27,28)/t14?,15-,19-,20+,21+,22?,23?,24?,25+,26+/m1/s1. The van der Waals surface area contributed by atoms with E-state index in [2.05, 4.69) is 6.92 Å². The van der Waals surface area contributed by atoms with Crippen LogP contribution in [0.3, 0.4) is 0 Å². The first-order chi connectivity index (χ1) is 19.5. The Morgan fingerprint density at radius 3 is 1.49 bits per heavy atom. The number of aliphatic carboxylic acids is 1. The summed E-state index contributed by atoms with van der Waals surface area (Å²) in [5, 5.41) is 70.4. The summed E-state index contributed by atoms with van der Waals surface area (Å²) in [6.07, 6.45) is -10.7. The molecule has 10 atom stereocenters. The van der Waals surface area contributed by atoms with Gasteiger partial charge in [-0.25, -0.2) is 0 Å². The van der Waals surface area contributed by atoms with E-state index in [0.717, 1.165) is 32.1 Å². The van der Waals surface area contributed by atoms with Crippen molar-refractivity contribution in [2.45, 2.75) is 133 Å². The first-order valence-electron chi connectivity index (χ1n) is 14.0. The fourth-order valence-electron chi connectivity index (χ4n) is 4.40. The molecule has 0 aromatic carbocycles. The van der Waals surface area contributed by atoms with Crippen molar-refractivity contribution >= 4 is 17.9 Å². The Morgan fingerprint density at radius 2 is 1.02 bits per heavy atom. The number of hydrogen-bond donors (Lipinski definition) is 7. The number of carbonyl (C=O) groups is 3. The summed E-state index contributed by atoms with van der Waals surface area (Å²) >= 11 is 0. The van der Waals surface area contributed by atoms with Crippen LogP contribution in [0.1, 0.15) is 71.1 Å². The molecule has 41 heavy (non-hydrogen) atoms. The number of ether oxygens (including phenoxy) is 5. The molecule has 0 aromatic heterocycles. The van der Waals surface area contributed by atoms with E-state index < -0.39 is 105 Å². The smallest absolute Gasteiger partial charge is 0.306 e. The molecule has 2 rings (SSSR count). The number of aliphatic hydroxyl groups is 6. The summed E-state index contributed by atoms with van der Waals surface area (Å²) in [4.78, 5) is 34.4. The number of carbonyl (C=O) groups excluding carboxylic acids is 2. The fraction of sp³-hybridized carbons (Fsp3) is 0.885. The number of unbranched alkanes of at least 4 members (excludes halogenated alkanes) is 6. The molecule has 2 fully saturated rings. The van der Waals surface area contributed by atoms with Crippen LogP contribution >= 0.6 is 0 Å². The van der Waals surface area contributed by atoms with Gasteiger partial charge >= 0.3 is 17.9 Å². The van der Waals surface area contributed by atoms with Crippen molar-refractivity contribution in [2.24, 2.45) is 0 Å². The van der Waals surface area contributed by atoms with Gasteiger partial charge in [0.1, 0.15) is 62.0 Å². The summed E-state index contributed by atoms with van der Waals surface area (Å²) in [6.45, 7) is 1.03. The summed E-state index contributed by atoms with van der Waals surface area (Å²) in [5.41, 5.74) is 0. The molecule has 15 heteroatoms. The van der Waals surface area contributed by atoms with Crippen molar-refractivity contribution in [3.05, 3.63) is 0 Å². The van der Waals surface area contributed by atoms with E-state index in [1.165, 1.54) is 6.42 Å². The van der Waals surface area contributed by atoms with E-state index in [1.807, 2.05) is 0 Å². The Kier molecular flexibility index (Phi) is 15.4. The third-order valence-electron chi connectivity index (χ3n) is 6.95. The van der Waals surface area contributed by atoms with Crippen LogP contribution in [0.2, 0.25) is 0 Å². The first kappa shape index (κ1) is 35.2. The van der Waals surface area contributed by atoms with E-state index in [4.69, 9.17) is 28.8 Å². The molecule has 7 N–H and O–H groups in total. The van der Waals surface area contributed by atoms with Crippen LogP contribution in [0, 0.1) is 0 Å². The maximum Gasteiger partial charge on any atom is 0.306 e. The zero-order valence-electron chi connectivity index (χ0n) is 23.2. The molecule has 2 aliphatic rings. The minimum absolute atomic E-state index is 0.159. The topological polar surface area (TPSA) is 239 Å².